The van der Waals surface area contributed by atoms with Crippen LogP contribution in [0.2, 0.25) is 5.02 Å². The number of rotatable bonds is 6. The standard InChI is InChI=1S/C26H31ClO4/c1-7-16-14-17(20-15-18(27)11-13-21(20)30-6)10-12-19(16)22-23(28)25(4,8-2)31-26(5,9-3)24(22)29/h10-15,22H,7-9H2,1-6H3. The van der Waals surface area contributed by atoms with Gasteiger partial charge in [-0.05, 0) is 68.0 Å². The molecule has 3 rings (SSSR count). The third-order valence-electron chi connectivity index (χ3n) is 6.67. The van der Waals surface area contributed by atoms with Gasteiger partial charge in [0.25, 0.3) is 0 Å². The zero-order chi connectivity index (χ0) is 23.0. The largest absolute Gasteiger partial charge is 0.496 e. The van der Waals surface area contributed by atoms with Gasteiger partial charge in [0, 0.05) is 10.6 Å². The van der Waals surface area contributed by atoms with E-state index >= 15 is 0 Å². The Morgan fingerprint density at radius 2 is 1.58 bits per heavy atom. The molecule has 2 aromatic carbocycles. The number of Topliss-reactive ketones (excluding diaryl/α,β-unsaturated/α-hetero) is 2. The number of hydrogen-bond donors (Lipinski definition) is 0. The van der Waals surface area contributed by atoms with Gasteiger partial charge in [0.1, 0.15) is 22.9 Å². The normalized spacial score (nSPS) is 26.2. The van der Waals surface area contributed by atoms with Crippen molar-refractivity contribution in [2.75, 3.05) is 7.11 Å². The molecule has 5 heteroatoms. The van der Waals surface area contributed by atoms with Crippen molar-refractivity contribution in [3.8, 4) is 16.9 Å². The van der Waals surface area contributed by atoms with Crippen molar-refractivity contribution >= 4 is 23.2 Å². The lowest BCUT2D eigenvalue weighted by Gasteiger charge is -2.45. The van der Waals surface area contributed by atoms with Gasteiger partial charge in [0.05, 0.1) is 7.11 Å². The first kappa shape index (κ1) is 23.5. The minimum Gasteiger partial charge on any atom is -0.496 e. The summed E-state index contributed by atoms with van der Waals surface area (Å²) in [5, 5.41) is 0.616. The van der Waals surface area contributed by atoms with E-state index in [1.54, 1.807) is 27.0 Å². The Hall–Kier alpha value is -2.17. The summed E-state index contributed by atoms with van der Waals surface area (Å²) in [6, 6.07) is 11.4. The molecule has 166 valence electrons. The molecule has 0 spiro atoms. The molecule has 0 amide bonds. The highest BCUT2D eigenvalue weighted by Gasteiger charge is 2.55. The van der Waals surface area contributed by atoms with Gasteiger partial charge in [-0.15, -0.1) is 0 Å². The first-order valence-corrected chi connectivity index (χ1v) is 11.3. The van der Waals surface area contributed by atoms with Crippen LogP contribution in [0, 0.1) is 0 Å². The molecule has 1 saturated heterocycles. The molecule has 0 aliphatic carbocycles. The molecule has 2 atom stereocenters. The summed E-state index contributed by atoms with van der Waals surface area (Å²) >= 11 is 6.22. The summed E-state index contributed by atoms with van der Waals surface area (Å²) in [5.41, 5.74) is 1.57. The highest BCUT2D eigenvalue weighted by atomic mass is 35.5. The van der Waals surface area contributed by atoms with Crippen LogP contribution in [0.4, 0.5) is 0 Å². The predicted molar refractivity (Wildman–Crippen MR) is 124 cm³/mol. The van der Waals surface area contributed by atoms with E-state index in [0.717, 1.165) is 28.0 Å². The molecule has 0 bridgehead atoms. The van der Waals surface area contributed by atoms with Gasteiger partial charge in [-0.25, -0.2) is 0 Å². The van der Waals surface area contributed by atoms with E-state index in [4.69, 9.17) is 21.1 Å². The number of benzene rings is 2. The molecular weight excluding hydrogens is 412 g/mol. The Morgan fingerprint density at radius 1 is 0.968 bits per heavy atom. The lowest BCUT2D eigenvalue weighted by molar-refractivity contribution is -0.192. The maximum atomic E-state index is 13.5. The van der Waals surface area contributed by atoms with E-state index in [-0.39, 0.29) is 11.6 Å². The summed E-state index contributed by atoms with van der Waals surface area (Å²) in [7, 11) is 1.62. The quantitative estimate of drug-likeness (QED) is 0.502. The van der Waals surface area contributed by atoms with Crippen LogP contribution in [0.25, 0.3) is 11.1 Å². The van der Waals surface area contributed by atoms with E-state index < -0.39 is 17.1 Å². The molecule has 2 aromatic rings. The molecular formula is C26H31ClO4. The third-order valence-corrected chi connectivity index (χ3v) is 6.91. The van der Waals surface area contributed by atoms with Gasteiger partial charge in [-0.1, -0.05) is 50.6 Å². The van der Waals surface area contributed by atoms with Crippen molar-refractivity contribution in [3.05, 3.63) is 52.5 Å². The van der Waals surface area contributed by atoms with Gasteiger partial charge < -0.3 is 9.47 Å². The van der Waals surface area contributed by atoms with E-state index in [2.05, 4.69) is 0 Å². The van der Waals surface area contributed by atoms with Crippen LogP contribution in [-0.2, 0) is 20.7 Å². The maximum Gasteiger partial charge on any atom is 0.179 e. The van der Waals surface area contributed by atoms with Gasteiger partial charge >= 0.3 is 0 Å². The van der Waals surface area contributed by atoms with E-state index in [0.29, 0.717) is 24.3 Å². The van der Waals surface area contributed by atoms with Crippen molar-refractivity contribution < 1.29 is 19.1 Å². The molecule has 1 fully saturated rings. The van der Waals surface area contributed by atoms with Crippen LogP contribution in [0.1, 0.15) is 64.5 Å². The molecule has 4 nitrogen and oxygen atoms in total. The fourth-order valence-electron chi connectivity index (χ4n) is 4.37. The summed E-state index contributed by atoms with van der Waals surface area (Å²) < 4.78 is 11.6. The van der Waals surface area contributed by atoms with Gasteiger partial charge in [-0.3, -0.25) is 9.59 Å². The lowest BCUT2D eigenvalue weighted by Crippen LogP contribution is -2.60. The number of carbonyl (C=O) groups is 2. The number of aryl methyl sites for hydroxylation is 1. The highest BCUT2D eigenvalue weighted by molar-refractivity contribution is 6.31. The van der Waals surface area contributed by atoms with Crippen molar-refractivity contribution in [3.63, 3.8) is 0 Å². The fourth-order valence-corrected chi connectivity index (χ4v) is 4.54. The Labute approximate surface area is 189 Å². The summed E-state index contributed by atoms with van der Waals surface area (Å²) in [6.07, 6.45) is 1.73. The number of halogens is 1. The van der Waals surface area contributed by atoms with Crippen LogP contribution in [0.15, 0.2) is 36.4 Å². The van der Waals surface area contributed by atoms with Crippen LogP contribution in [-0.4, -0.2) is 29.9 Å². The second-order valence-electron chi connectivity index (χ2n) is 8.54. The topological polar surface area (TPSA) is 52.6 Å². The lowest BCUT2D eigenvalue weighted by atomic mass is 9.71. The molecule has 1 aliphatic heterocycles. The summed E-state index contributed by atoms with van der Waals surface area (Å²) in [6.45, 7) is 9.50. The molecule has 0 aromatic heterocycles. The fraction of sp³-hybridized carbons (Fsp3) is 0.462. The van der Waals surface area contributed by atoms with Gasteiger partial charge in [-0.2, -0.15) is 0 Å². The van der Waals surface area contributed by atoms with Crippen molar-refractivity contribution in [2.45, 2.75) is 71.0 Å². The van der Waals surface area contributed by atoms with Crippen molar-refractivity contribution in [1.82, 2.24) is 0 Å². The van der Waals surface area contributed by atoms with E-state index in [1.165, 1.54) is 0 Å². The number of ketones is 2. The van der Waals surface area contributed by atoms with E-state index in [1.807, 2.05) is 51.1 Å². The number of hydrogen-bond acceptors (Lipinski definition) is 4. The third kappa shape index (κ3) is 4.04. The van der Waals surface area contributed by atoms with Gasteiger partial charge in [0.15, 0.2) is 11.6 Å². The van der Waals surface area contributed by atoms with Gasteiger partial charge in [0.2, 0.25) is 0 Å². The second kappa shape index (κ2) is 8.76. The highest BCUT2D eigenvalue weighted by Crippen LogP contribution is 2.43. The molecule has 0 N–H and O–H groups in total. The van der Waals surface area contributed by atoms with Crippen LogP contribution in [0.3, 0.4) is 0 Å². The summed E-state index contributed by atoms with van der Waals surface area (Å²) in [4.78, 5) is 27.0. The average molecular weight is 443 g/mol. The molecule has 0 radical (unpaired) electrons. The number of carbonyl (C=O) groups excluding carboxylic acids is 2. The molecule has 1 heterocycles. The minimum absolute atomic E-state index is 0.159. The Kier molecular flexibility index (Phi) is 6.64. The second-order valence-corrected chi connectivity index (χ2v) is 8.98. The molecule has 31 heavy (non-hydrogen) atoms. The molecule has 2 unspecified atom stereocenters. The zero-order valence-corrected chi connectivity index (χ0v) is 19.9. The van der Waals surface area contributed by atoms with Crippen LogP contribution in [0.5, 0.6) is 5.75 Å². The average Bonchev–Trinajstić information content (AvgIpc) is 2.78. The predicted octanol–water partition coefficient (Wildman–Crippen LogP) is 6.17. The molecule has 0 saturated carbocycles. The zero-order valence-electron chi connectivity index (χ0n) is 19.2. The number of methoxy groups -OCH3 is 1. The smallest absolute Gasteiger partial charge is 0.179 e. The van der Waals surface area contributed by atoms with E-state index in [9.17, 15) is 9.59 Å². The molecule has 1 aliphatic rings. The Bertz CT molecular complexity index is 986. The minimum atomic E-state index is -0.983. The first-order chi connectivity index (χ1) is 14.6. The number of ether oxygens (including phenoxy) is 2. The Balaban J connectivity index is 2.15. The summed E-state index contributed by atoms with van der Waals surface area (Å²) in [5.74, 6) is -0.425. The van der Waals surface area contributed by atoms with Crippen molar-refractivity contribution in [1.29, 1.82) is 0 Å². The maximum absolute atomic E-state index is 13.5. The Morgan fingerprint density at radius 3 is 2.10 bits per heavy atom. The first-order valence-electron chi connectivity index (χ1n) is 10.9. The van der Waals surface area contributed by atoms with Crippen LogP contribution >= 0.6 is 11.6 Å². The van der Waals surface area contributed by atoms with Crippen molar-refractivity contribution in [2.24, 2.45) is 0 Å². The SMILES string of the molecule is CCc1cc(-c2cc(Cl)ccc2OC)ccc1C1C(=O)C(C)(CC)OC(C)(CC)C1=O. The monoisotopic (exact) mass is 442 g/mol. The van der Waals surface area contributed by atoms with Crippen LogP contribution < -0.4 is 4.74 Å².